The zero-order valence-corrected chi connectivity index (χ0v) is 36.3. The van der Waals surface area contributed by atoms with Crippen LogP contribution in [0.25, 0.3) is 10.8 Å². The second kappa shape index (κ2) is 16.9. The van der Waals surface area contributed by atoms with Crippen molar-refractivity contribution in [3.05, 3.63) is 42.1 Å². The molecule has 19 heteroatoms. The lowest BCUT2D eigenvalue weighted by atomic mass is 9.82. The van der Waals surface area contributed by atoms with Gasteiger partial charge >= 0.3 is 12.1 Å². The van der Waals surface area contributed by atoms with E-state index >= 15 is 0 Å². The van der Waals surface area contributed by atoms with Gasteiger partial charge in [-0.05, 0) is 99.8 Å². The topological polar surface area (TPSA) is 158 Å². The Kier molecular flexibility index (Phi) is 12.9. The minimum absolute atomic E-state index is 0.00909. The molecule has 2 aliphatic heterocycles. The van der Waals surface area contributed by atoms with Gasteiger partial charge in [0, 0.05) is 25.2 Å². The Morgan fingerprint density at radius 3 is 2.34 bits per heavy atom. The number of rotatable bonds is 11. The highest BCUT2D eigenvalue weighted by molar-refractivity contribution is 7.91. The van der Waals surface area contributed by atoms with Gasteiger partial charge in [-0.3, -0.25) is 23.9 Å². The fourth-order valence-corrected chi connectivity index (χ4v) is 10.0. The molecule has 3 heterocycles. The van der Waals surface area contributed by atoms with Gasteiger partial charge < -0.3 is 19.1 Å². The number of fused-ring (bicyclic) bond motifs is 3. The quantitative estimate of drug-likeness (QED) is 0.136. The predicted octanol–water partition coefficient (Wildman–Crippen LogP) is 7.52. The van der Waals surface area contributed by atoms with Gasteiger partial charge in [0.05, 0.1) is 37.5 Å². The normalized spacial score (nSPS) is 28.8. The van der Waals surface area contributed by atoms with Crippen molar-refractivity contribution in [2.45, 2.75) is 127 Å². The average molecular weight is 902 g/mol. The van der Waals surface area contributed by atoms with Crippen molar-refractivity contribution in [2.75, 3.05) is 20.3 Å². The monoisotopic (exact) mass is 901 g/mol. The van der Waals surface area contributed by atoms with Gasteiger partial charge in [0.15, 0.2) is 11.4 Å². The number of pyridine rings is 1. The van der Waals surface area contributed by atoms with E-state index in [2.05, 4.69) is 4.98 Å². The third kappa shape index (κ3) is 9.56. The van der Waals surface area contributed by atoms with Gasteiger partial charge in [0.25, 0.3) is 5.92 Å². The standard InChI is InChI=1S/C43H53F6N3O9S/c1-24-9-7-8-10-27-20-42(27,38(56)51-62(57,58)41(23-44)13-14-41)21-33(53)32-18-29(60-36-30-12-11-28(59-6)16-26(30)17-34(50-36)43(47,48)49)22-52(32)37(55)31(25(2)15-24)19-35(54)61-39(3,4)40(5,45)46/h8,10-12,16-17,24-25,27,29,31-32H,7,9,13-15,18-23H2,1-6H3,(H,51,56)/b10-8-/t24-,25-,27-,29-,31+,32+,42-/m1/s1. The number of esters is 1. The molecule has 1 aromatic heterocycles. The molecule has 2 aliphatic carbocycles. The number of methoxy groups -OCH3 is 1. The highest BCUT2D eigenvalue weighted by Crippen LogP contribution is 2.58. The third-order valence-corrected chi connectivity index (χ3v) is 15.3. The Balaban J connectivity index is 1.39. The Morgan fingerprint density at radius 2 is 1.73 bits per heavy atom. The summed E-state index contributed by atoms with van der Waals surface area (Å²) in [5, 5.41) is 0.228. The van der Waals surface area contributed by atoms with Crippen molar-refractivity contribution >= 4 is 44.4 Å². The SMILES string of the molecule is COc1ccc2c(O[C@@H]3C[C@H]4C(=O)C[C@]5(C(=O)NS(=O)(=O)C6(CF)CC6)C[C@H]5/C=C\CC[C@@H](C)C[C@@H](C)[C@H](CC(=O)OC(C)(C)C(C)(F)F)C(=O)N4C3)nc(C(F)(F)F)cc2c1. The molecule has 12 nitrogen and oxygen atoms in total. The molecule has 2 aromatic rings. The number of nitrogens with one attached hydrogen (secondary N) is 1. The zero-order chi connectivity index (χ0) is 45.8. The first-order valence-corrected chi connectivity index (χ1v) is 22.2. The zero-order valence-electron chi connectivity index (χ0n) is 35.5. The number of ether oxygens (including phenoxy) is 3. The van der Waals surface area contributed by atoms with Crippen LogP contribution >= 0.6 is 0 Å². The number of hydrogen-bond acceptors (Lipinski definition) is 10. The number of Topliss-reactive ketones (excluding diaryl/α,β-unsaturated/α-hetero) is 1. The second-order valence-corrected chi connectivity index (χ2v) is 20.3. The van der Waals surface area contributed by atoms with Crippen LogP contribution in [0.5, 0.6) is 11.6 Å². The minimum Gasteiger partial charge on any atom is -0.497 e. The van der Waals surface area contributed by atoms with Crippen LogP contribution in [-0.4, -0.2) is 90.6 Å². The van der Waals surface area contributed by atoms with Gasteiger partial charge in [0.1, 0.15) is 29.0 Å². The first kappa shape index (κ1) is 47.1. The fourth-order valence-electron chi connectivity index (χ4n) is 8.56. The van der Waals surface area contributed by atoms with E-state index in [1.807, 2.05) is 17.7 Å². The molecule has 1 N–H and O–H groups in total. The highest BCUT2D eigenvalue weighted by atomic mass is 32.2. The number of aromatic nitrogens is 1. The molecular formula is C43H53F6N3O9S. The molecule has 1 aromatic carbocycles. The number of allylic oxidation sites excluding steroid dienone is 2. The number of ketones is 1. The second-order valence-electron chi connectivity index (χ2n) is 18.2. The molecule has 6 rings (SSSR count). The predicted molar refractivity (Wildman–Crippen MR) is 213 cm³/mol. The summed E-state index contributed by atoms with van der Waals surface area (Å²) >= 11 is 0. The van der Waals surface area contributed by atoms with Crippen LogP contribution in [0.1, 0.15) is 98.1 Å². The van der Waals surface area contributed by atoms with E-state index < -0.39 is 129 Å². The van der Waals surface area contributed by atoms with Crippen molar-refractivity contribution in [2.24, 2.45) is 29.1 Å². The number of amides is 2. The summed E-state index contributed by atoms with van der Waals surface area (Å²) < 4.78 is 129. The lowest BCUT2D eigenvalue weighted by Gasteiger charge is -2.34. The molecule has 0 unspecified atom stereocenters. The molecule has 4 aliphatic rings. The Hall–Kier alpha value is -4.42. The third-order valence-electron chi connectivity index (χ3n) is 13.2. The molecule has 2 saturated carbocycles. The molecule has 2 amide bonds. The molecule has 62 heavy (non-hydrogen) atoms. The number of alkyl halides is 6. The van der Waals surface area contributed by atoms with Crippen LogP contribution in [0, 0.1) is 29.1 Å². The summed E-state index contributed by atoms with van der Waals surface area (Å²) in [5.41, 5.74) is -5.14. The van der Waals surface area contributed by atoms with Crippen molar-refractivity contribution in [3.63, 3.8) is 0 Å². The molecule has 3 fully saturated rings. The number of sulfonamides is 1. The molecule has 0 spiro atoms. The molecule has 7 atom stereocenters. The number of nitrogens with zero attached hydrogens (tertiary/aromatic N) is 2. The summed E-state index contributed by atoms with van der Waals surface area (Å²) in [7, 11) is -3.14. The van der Waals surface area contributed by atoms with Crippen LogP contribution in [0.2, 0.25) is 0 Å². The maximum Gasteiger partial charge on any atom is 0.433 e. The Morgan fingerprint density at radius 1 is 1.03 bits per heavy atom. The molecule has 0 radical (unpaired) electrons. The van der Waals surface area contributed by atoms with Crippen molar-refractivity contribution in [3.8, 4) is 11.6 Å². The average Bonchev–Trinajstić information content (AvgIpc) is 4.08. The van der Waals surface area contributed by atoms with Crippen LogP contribution in [-0.2, 0) is 40.1 Å². The Labute approximate surface area is 356 Å². The molecule has 0 bridgehead atoms. The van der Waals surface area contributed by atoms with E-state index in [0.717, 1.165) is 24.8 Å². The lowest BCUT2D eigenvalue weighted by molar-refractivity contribution is -0.197. The van der Waals surface area contributed by atoms with Gasteiger partial charge in [-0.1, -0.05) is 26.0 Å². The maximum absolute atomic E-state index is 14.9. The summed E-state index contributed by atoms with van der Waals surface area (Å²) in [5.74, 6) is -9.67. The smallest absolute Gasteiger partial charge is 0.433 e. The van der Waals surface area contributed by atoms with E-state index in [4.69, 9.17) is 14.2 Å². The van der Waals surface area contributed by atoms with Gasteiger partial charge in [0.2, 0.25) is 27.7 Å². The molecule has 1 saturated heterocycles. The summed E-state index contributed by atoms with van der Waals surface area (Å²) in [6, 6.07) is 3.71. The first-order valence-electron chi connectivity index (χ1n) is 20.7. The van der Waals surface area contributed by atoms with Crippen molar-refractivity contribution in [1.29, 1.82) is 0 Å². The summed E-state index contributed by atoms with van der Waals surface area (Å²) in [6.45, 7) is 4.69. The highest BCUT2D eigenvalue weighted by Gasteiger charge is 2.63. The van der Waals surface area contributed by atoms with E-state index in [1.54, 1.807) is 13.0 Å². The lowest BCUT2D eigenvalue weighted by Crippen LogP contribution is -2.49. The fraction of sp³-hybridized carbons (Fsp3) is 0.651. The number of halogens is 6. The first-order chi connectivity index (χ1) is 28.8. The van der Waals surface area contributed by atoms with Crippen LogP contribution < -0.4 is 14.2 Å². The Bertz CT molecular complexity index is 2220. The van der Waals surface area contributed by atoms with Crippen LogP contribution in [0.3, 0.4) is 0 Å². The number of hydrogen-bond donors (Lipinski definition) is 1. The minimum atomic E-state index is -4.90. The van der Waals surface area contributed by atoms with E-state index in [1.165, 1.54) is 25.3 Å². The summed E-state index contributed by atoms with van der Waals surface area (Å²) in [4.78, 5) is 61.9. The summed E-state index contributed by atoms with van der Waals surface area (Å²) in [6.07, 6.45) is -2.49. The molecule has 342 valence electrons. The van der Waals surface area contributed by atoms with E-state index in [-0.39, 0.29) is 48.1 Å². The number of benzene rings is 1. The van der Waals surface area contributed by atoms with Gasteiger partial charge in [-0.25, -0.2) is 26.6 Å². The van der Waals surface area contributed by atoms with Crippen molar-refractivity contribution < 1.29 is 68.1 Å². The number of carbonyl (C=O) groups excluding carboxylic acids is 4. The van der Waals surface area contributed by atoms with E-state index in [9.17, 15) is 53.9 Å². The molecular weight excluding hydrogens is 849 g/mol. The van der Waals surface area contributed by atoms with Crippen molar-refractivity contribution in [1.82, 2.24) is 14.6 Å². The van der Waals surface area contributed by atoms with Crippen LogP contribution in [0.4, 0.5) is 26.3 Å². The van der Waals surface area contributed by atoms with Gasteiger partial charge in [-0.2, -0.15) is 13.2 Å². The van der Waals surface area contributed by atoms with Gasteiger partial charge in [-0.15, -0.1) is 0 Å². The largest absolute Gasteiger partial charge is 0.497 e. The van der Waals surface area contributed by atoms with Crippen LogP contribution in [0.15, 0.2) is 36.4 Å². The maximum atomic E-state index is 14.9. The van der Waals surface area contributed by atoms with E-state index in [0.29, 0.717) is 26.2 Å². The number of carbonyl (C=O) groups is 4.